The number of hydrogen-bond acceptors (Lipinski definition) is 2. The minimum Gasteiger partial charge on any atom is -0.497 e. The van der Waals surface area contributed by atoms with Crippen LogP contribution in [-0.4, -0.2) is 17.3 Å². The molecule has 1 saturated carbocycles. The van der Waals surface area contributed by atoms with Crippen molar-refractivity contribution in [3.63, 3.8) is 0 Å². The molecule has 4 unspecified atom stereocenters. The van der Waals surface area contributed by atoms with Gasteiger partial charge in [-0.25, -0.2) is 0 Å². The highest BCUT2D eigenvalue weighted by Gasteiger charge is 2.39. The Balaban J connectivity index is 2.14. The van der Waals surface area contributed by atoms with E-state index in [9.17, 15) is 4.79 Å². The molecule has 0 amide bonds. The summed E-state index contributed by atoms with van der Waals surface area (Å²) in [5, 5.41) is 0.125. The smallest absolute Gasteiger partial charge is 0.165 e. The van der Waals surface area contributed by atoms with Crippen LogP contribution in [0.4, 0.5) is 0 Å². The quantitative estimate of drug-likeness (QED) is 0.560. The zero-order chi connectivity index (χ0) is 9.42. The SMILES string of the molecule is CC1CC2OC=CC(=O)C2CC1Cl. The van der Waals surface area contributed by atoms with Gasteiger partial charge in [0.2, 0.25) is 0 Å². The van der Waals surface area contributed by atoms with Crippen LogP contribution in [0, 0.1) is 11.8 Å². The number of hydrogen-bond donors (Lipinski definition) is 0. The van der Waals surface area contributed by atoms with Gasteiger partial charge in [-0.05, 0) is 18.8 Å². The maximum absolute atomic E-state index is 11.5. The van der Waals surface area contributed by atoms with Crippen molar-refractivity contribution in [2.24, 2.45) is 11.8 Å². The minimum atomic E-state index is 0.00343. The second-order valence-corrected chi connectivity index (χ2v) is 4.51. The summed E-state index contributed by atoms with van der Waals surface area (Å²) in [4.78, 5) is 11.5. The van der Waals surface area contributed by atoms with E-state index >= 15 is 0 Å². The minimum absolute atomic E-state index is 0.00343. The van der Waals surface area contributed by atoms with Crippen LogP contribution in [0.5, 0.6) is 0 Å². The first kappa shape index (κ1) is 9.07. The van der Waals surface area contributed by atoms with Crippen molar-refractivity contribution in [1.29, 1.82) is 0 Å². The Bertz CT molecular complexity index is 249. The highest BCUT2D eigenvalue weighted by molar-refractivity contribution is 6.21. The highest BCUT2D eigenvalue weighted by Crippen LogP contribution is 2.36. The third-order valence-electron chi connectivity index (χ3n) is 3.00. The van der Waals surface area contributed by atoms with Gasteiger partial charge in [0.25, 0.3) is 0 Å². The molecule has 1 aliphatic heterocycles. The lowest BCUT2D eigenvalue weighted by molar-refractivity contribution is -0.126. The van der Waals surface area contributed by atoms with Crippen LogP contribution in [0.25, 0.3) is 0 Å². The van der Waals surface area contributed by atoms with E-state index in [1.807, 2.05) is 0 Å². The van der Waals surface area contributed by atoms with Crippen LogP contribution in [0.1, 0.15) is 19.8 Å². The van der Waals surface area contributed by atoms with Gasteiger partial charge in [0.15, 0.2) is 5.78 Å². The maximum atomic E-state index is 11.5. The summed E-state index contributed by atoms with van der Waals surface area (Å²) < 4.78 is 5.41. The Kier molecular flexibility index (Phi) is 2.33. The zero-order valence-corrected chi connectivity index (χ0v) is 8.33. The summed E-state index contributed by atoms with van der Waals surface area (Å²) in [7, 11) is 0. The second kappa shape index (κ2) is 3.33. The fourth-order valence-electron chi connectivity index (χ4n) is 2.09. The summed E-state index contributed by atoms with van der Waals surface area (Å²) in [5.74, 6) is 0.625. The third-order valence-corrected chi connectivity index (χ3v) is 3.61. The van der Waals surface area contributed by atoms with E-state index in [1.54, 1.807) is 0 Å². The molecule has 0 spiro atoms. The van der Waals surface area contributed by atoms with Crippen molar-refractivity contribution in [3.05, 3.63) is 12.3 Å². The van der Waals surface area contributed by atoms with Crippen LogP contribution >= 0.6 is 11.6 Å². The van der Waals surface area contributed by atoms with Gasteiger partial charge in [0, 0.05) is 11.5 Å². The molecule has 1 heterocycles. The van der Waals surface area contributed by atoms with Gasteiger partial charge in [-0.1, -0.05) is 6.92 Å². The van der Waals surface area contributed by atoms with Crippen molar-refractivity contribution >= 4 is 17.4 Å². The lowest BCUT2D eigenvalue weighted by Gasteiger charge is -2.37. The number of alkyl halides is 1. The first-order chi connectivity index (χ1) is 6.18. The molecule has 0 aromatic heterocycles. The number of ketones is 1. The largest absolute Gasteiger partial charge is 0.497 e. The van der Waals surface area contributed by atoms with Crippen LogP contribution in [-0.2, 0) is 9.53 Å². The van der Waals surface area contributed by atoms with E-state index in [4.69, 9.17) is 16.3 Å². The Morgan fingerprint density at radius 1 is 1.54 bits per heavy atom. The lowest BCUT2D eigenvalue weighted by atomic mass is 9.77. The molecule has 2 aliphatic rings. The molecule has 0 aromatic carbocycles. The summed E-state index contributed by atoms with van der Waals surface area (Å²) in [6, 6.07) is 0. The van der Waals surface area contributed by atoms with Crippen LogP contribution < -0.4 is 0 Å². The van der Waals surface area contributed by atoms with Gasteiger partial charge in [-0.2, -0.15) is 0 Å². The lowest BCUT2D eigenvalue weighted by Crippen LogP contribution is -2.41. The normalized spacial score (nSPS) is 44.0. The summed E-state index contributed by atoms with van der Waals surface area (Å²) in [6.45, 7) is 2.11. The first-order valence-corrected chi connectivity index (χ1v) is 5.12. The Morgan fingerprint density at radius 3 is 3.08 bits per heavy atom. The molecule has 3 heteroatoms. The van der Waals surface area contributed by atoms with Crippen LogP contribution in [0.2, 0.25) is 0 Å². The van der Waals surface area contributed by atoms with Crippen molar-refractivity contribution in [1.82, 2.24) is 0 Å². The average molecular weight is 201 g/mol. The van der Waals surface area contributed by atoms with Gasteiger partial charge in [0.05, 0.1) is 12.2 Å². The van der Waals surface area contributed by atoms with E-state index in [0.717, 1.165) is 12.8 Å². The first-order valence-electron chi connectivity index (χ1n) is 4.68. The molecule has 13 heavy (non-hydrogen) atoms. The Hall–Kier alpha value is -0.500. The highest BCUT2D eigenvalue weighted by atomic mass is 35.5. The number of rotatable bonds is 0. The molecule has 1 aliphatic carbocycles. The number of allylic oxidation sites excluding steroid dienone is 1. The van der Waals surface area contributed by atoms with Gasteiger partial charge in [-0.15, -0.1) is 11.6 Å². The van der Waals surface area contributed by atoms with E-state index in [-0.39, 0.29) is 23.2 Å². The second-order valence-electron chi connectivity index (χ2n) is 3.95. The topological polar surface area (TPSA) is 26.3 Å². The average Bonchev–Trinajstić information content (AvgIpc) is 2.09. The van der Waals surface area contributed by atoms with Gasteiger partial charge in [-0.3, -0.25) is 4.79 Å². The number of carbonyl (C=O) groups excluding carboxylic acids is 1. The van der Waals surface area contributed by atoms with Crippen molar-refractivity contribution in [2.75, 3.05) is 0 Å². The van der Waals surface area contributed by atoms with Crippen molar-refractivity contribution in [3.8, 4) is 0 Å². The molecule has 0 saturated heterocycles. The molecule has 0 radical (unpaired) electrons. The zero-order valence-electron chi connectivity index (χ0n) is 7.57. The number of fused-ring (bicyclic) bond motifs is 1. The summed E-state index contributed by atoms with van der Waals surface area (Å²) >= 11 is 6.12. The predicted molar refractivity (Wildman–Crippen MR) is 50.5 cm³/mol. The monoisotopic (exact) mass is 200 g/mol. The molecule has 1 fully saturated rings. The summed E-state index contributed by atoms with van der Waals surface area (Å²) in [6.07, 6.45) is 4.76. The molecule has 0 aromatic rings. The molecular formula is C10H13ClO2. The molecular weight excluding hydrogens is 188 g/mol. The standard InChI is InChI=1S/C10H13ClO2/c1-6-4-10-7(5-8(6)11)9(12)2-3-13-10/h2-3,6-8,10H,4-5H2,1H3. The third kappa shape index (κ3) is 1.60. The fraction of sp³-hybridized carbons (Fsp3) is 0.700. The molecule has 2 nitrogen and oxygen atoms in total. The van der Waals surface area contributed by atoms with E-state index < -0.39 is 0 Å². The Morgan fingerprint density at radius 2 is 2.31 bits per heavy atom. The van der Waals surface area contributed by atoms with Gasteiger partial charge < -0.3 is 4.74 Å². The van der Waals surface area contributed by atoms with Crippen molar-refractivity contribution < 1.29 is 9.53 Å². The van der Waals surface area contributed by atoms with E-state index in [0.29, 0.717) is 5.92 Å². The molecule has 0 N–H and O–H groups in total. The predicted octanol–water partition coefficient (Wildman–Crippen LogP) is 2.12. The van der Waals surface area contributed by atoms with Gasteiger partial charge in [0.1, 0.15) is 6.10 Å². The fourth-order valence-corrected chi connectivity index (χ4v) is 2.38. The van der Waals surface area contributed by atoms with E-state index in [2.05, 4.69) is 6.92 Å². The van der Waals surface area contributed by atoms with E-state index in [1.165, 1.54) is 12.3 Å². The van der Waals surface area contributed by atoms with Gasteiger partial charge >= 0.3 is 0 Å². The molecule has 2 rings (SSSR count). The summed E-state index contributed by atoms with van der Waals surface area (Å²) in [5.41, 5.74) is 0. The Labute approximate surface area is 82.9 Å². The van der Waals surface area contributed by atoms with Crippen molar-refractivity contribution in [2.45, 2.75) is 31.2 Å². The number of ether oxygens (including phenoxy) is 1. The molecule has 0 bridgehead atoms. The molecule has 4 atom stereocenters. The molecule has 72 valence electrons. The van der Waals surface area contributed by atoms with Crippen LogP contribution in [0.15, 0.2) is 12.3 Å². The number of halogens is 1. The number of carbonyl (C=O) groups is 1. The maximum Gasteiger partial charge on any atom is 0.165 e. The van der Waals surface area contributed by atoms with Crippen LogP contribution in [0.3, 0.4) is 0 Å².